The minimum Gasteiger partial charge on any atom is -0.493 e. The van der Waals surface area contributed by atoms with Crippen LogP contribution in [0, 0.1) is 11.2 Å². The Morgan fingerprint density at radius 2 is 2.31 bits per heavy atom. The first-order chi connectivity index (χ1) is 12.5. The Bertz CT molecular complexity index is 620. The van der Waals surface area contributed by atoms with Crippen LogP contribution in [0.15, 0.2) is 18.2 Å². The molecule has 1 heterocycles. The smallest absolute Gasteiger partial charge is 0.414 e. The number of carbonyl (C=O) groups is 1. The Labute approximate surface area is 157 Å². The predicted molar refractivity (Wildman–Crippen MR) is 104 cm³/mol. The zero-order valence-electron chi connectivity index (χ0n) is 14.8. The van der Waals surface area contributed by atoms with Crippen molar-refractivity contribution in [1.82, 2.24) is 5.32 Å². The van der Waals surface area contributed by atoms with Gasteiger partial charge in [-0.2, -0.15) is 0 Å². The second-order valence-corrected chi connectivity index (χ2v) is 5.45. The maximum atomic E-state index is 14.3. The SMILES string of the molecule is CNCC1CN(c2ccc(N(C=N)CCN)c(F)c2)C(=O)O1.COC=S. The molecule has 1 atom stereocenters. The summed E-state index contributed by atoms with van der Waals surface area (Å²) < 4.78 is 23.7. The van der Waals surface area contributed by atoms with Crippen molar-refractivity contribution in [2.45, 2.75) is 6.10 Å². The largest absolute Gasteiger partial charge is 0.493 e. The van der Waals surface area contributed by atoms with Crippen molar-refractivity contribution in [3.05, 3.63) is 24.0 Å². The molecule has 144 valence electrons. The maximum absolute atomic E-state index is 14.3. The van der Waals surface area contributed by atoms with Crippen LogP contribution in [-0.4, -0.2) is 64.4 Å². The van der Waals surface area contributed by atoms with Crippen LogP contribution in [-0.2, 0) is 9.47 Å². The fraction of sp³-hybridized carbons (Fsp3) is 0.438. The van der Waals surface area contributed by atoms with Crippen molar-refractivity contribution in [3.63, 3.8) is 0 Å². The van der Waals surface area contributed by atoms with Gasteiger partial charge in [0.05, 0.1) is 31.4 Å². The van der Waals surface area contributed by atoms with Gasteiger partial charge >= 0.3 is 6.09 Å². The summed E-state index contributed by atoms with van der Waals surface area (Å²) in [4.78, 5) is 14.6. The third kappa shape index (κ3) is 5.90. The minimum absolute atomic E-state index is 0.253. The molecule has 26 heavy (non-hydrogen) atoms. The van der Waals surface area contributed by atoms with Gasteiger partial charge in [-0.1, -0.05) is 0 Å². The van der Waals surface area contributed by atoms with Crippen LogP contribution < -0.4 is 20.9 Å². The number of halogens is 1. The Morgan fingerprint density at radius 3 is 2.81 bits per heavy atom. The first kappa shape index (κ1) is 21.7. The van der Waals surface area contributed by atoms with E-state index in [1.807, 2.05) is 0 Å². The molecule has 1 unspecified atom stereocenters. The van der Waals surface area contributed by atoms with E-state index < -0.39 is 11.9 Å². The summed E-state index contributed by atoms with van der Waals surface area (Å²) in [5, 5.41) is 10.2. The molecular formula is C16H24FN5O3S. The highest BCUT2D eigenvalue weighted by Crippen LogP contribution is 2.27. The van der Waals surface area contributed by atoms with E-state index >= 15 is 0 Å². The van der Waals surface area contributed by atoms with Crippen molar-refractivity contribution >= 4 is 41.6 Å². The molecule has 8 nitrogen and oxygen atoms in total. The summed E-state index contributed by atoms with van der Waals surface area (Å²) >= 11 is 4.21. The molecule has 10 heteroatoms. The number of amides is 1. The monoisotopic (exact) mass is 385 g/mol. The Morgan fingerprint density at radius 1 is 1.62 bits per heavy atom. The lowest BCUT2D eigenvalue weighted by Gasteiger charge is -2.20. The number of hydrogen-bond acceptors (Lipinski definition) is 7. The molecule has 0 saturated carbocycles. The van der Waals surface area contributed by atoms with Gasteiger partial charge in [0, 0.05) is 19.6 Å². The van der Waals surface area contributed by atoms with E-state index in [-0.39, 0.29) is 11.8 Å². The van der Waals surface area contributed by atoms with Crippen LogP contribution in [0.5, 0.6) is 0 Å². The molecule has 1 amide bonds. The number of carbonyl (C=O) groups excluding carboxylic acids is 1. The van der Waals surface area contributed by atoms with Gasteiger partial charge in [-0.25, -0.2) is 9.18 Å². The number of nitrogens with zero attached hydrogens (tertiary/aromatic N) is 2. The lowest BCUT2D eigenvalue weighted by molar-refractivity contribution is 0.141. The summed E-state index contributed by atoms with van der Waals surface area (Å²) in [5.74, 6) is -0.515. The Kier molecular flexibility index (Phi) is 9.48. The molecule has 1 aliphatic heterocycles. The predicted octanol–water partition coefficient (Wildman–Crippen LogP) is 1.33. The number of methoxy groups -OCH3 is 1. The fourth-order valence-corrected chi connectivity index (χ4v) is 2.36. The van der Waals surface area contributed by atoms with Crippen molar-refractivity contribution in [2.24, 2.45) is 5.73 Å². The molecule has 0 radical (unpaired) electrons. The van der Waals surface area contributed by atoms with Gasteiger partial charge in [-0.05, 0) is 37.5 Å². The number of benzene rings is 1. The second kappa shape index (κ2) is 11.3. The van der Waals surface area contributed by atoms with Crippen LogP contribution in [0.3, 0.4) is 0 Å². The van der Waals surface area contributed by atoms with E-state index in [0.29, 0.717) is 31.9 Å². The molecule has 1 aromatic carbocycles. The zero-order valence-corrected chi connectivity index (χ0v) is 15.6. The Balaban J connectivity index is 0.000000765. The third-order valence-corrected chi connectivity index (χ3v) is 3.67. The number of cyclic esters (lactones) is 1. The minimum atomic E-state index is -0.515. The fourth-order valence-electron chi connectivity index (χ4n) is 2.36. The number of likely N-dealkylation sites (N-methyl/N-ethyl adjacent to an activating group) is 1. The number of rotatable bonds is 8. The maximum Gasteiger partial charge on any atom is 0.414 e. The second-order valence-electron chi connectivity index (χ2n) is 5.25. The normalized spacial score (nSPS) is 15.6. The molecule has 1 aliphatic rings. The highest BCUT2D eigenvalue weighted by atomic mass is 32.1. The summed E-state index contributed by atoms with van der Waals surface area (Å²) in [6, 6.07) is 4.43. The lowest BCUT2D eigenvalue weighted by Crippen LogP contribution is -2.30. The van der Waals surface area contributed by atoms with E-state index in [9.17, 15) is 9.18 Å². The van der Waals surface area contributed by atoms with Gasteiger partial charge in [0.2, 0.25) is 0 Å². The first-order valence-electron chi connectivity index (χ1n) is 7.88. The van der Waals surface area contributed by atoms with Crippen molar-refractivity contribution in [1.29, 1.82) is 5.41 Å². The molecule has 1 fully saturated rings. The van der Waals surface area contributed by atoms with Gasteiger partial charge in [0.15, 0.2) is 0 Å². The average Bonchev–Trinajstić information content (AvgIpc) is 3.01. The zero-order chi connectivity index (χ0) is 19.5. The van der Waals surface area contributed by atoms with Gasteiger partial charge < -0.3 is 25.4 Å². The van der Waals surface area contributed by atoms with Crippen molar-refractivity contribution in [3.8, 4) is 0 Å². The molecule has 2 rings (SSSR count). The standard InChI is InChI=1S/C14H20FN5O2.C2H4OS/c1-18-7-11-8-20(14(21)22-11)10-2-3-13(12(15)6-10)19(9-17)5-4-16;1-3-2-4/h2-3,6,9,11,17-18H,4-5,7-8,16H2,1H3;2H,1H3. The van der Waals surface area contributed by atoms with E-state index in [0.717, 1.165) is 6.34 Å². The summed E-state index contributed by atoms with van der Waals surface area (Å²) in [5.41, 5.74) is 7.34. The van der Waals surface area contributed by atoms with Gasteiger partial charge in [-0.15, -0.1) is 0 Å². The highest BCUT2D eigenvalue weighted by Gasteiger charge is 2.32. The van der Waals surface area contributed by atoms with Gasteiger partial charge in [0.25, 0.3) is 0 Å². The number of thiocarbonyl (C=S) groups is 1. The summed E-state index contributed by atoms with van der Waals surface area (Å²) in [7, 11) is 3.29. The molecular weight excluding hydrogens is 361 g/mol. The summed E-state index contributed by atoms with van der Waals surface area (Å²) in [6.07, 6.45) is 0.284. The Hall–Kier alpha value is -2.30. The van der Waals surface area contributed by atoms with Crippen LogP contribution in [0.25, 0.3) is 0 Å². The van der Waals surface area contributed by atoms with Gasteiger partial charge in [0.1, 0.15) is 17.5 Å². The van der Waals surface area contributed by atoms with Crippen LogP contribution >= 0.6 is 12.2 Å². The number of anilines is 2. The number of nitrogens with one attached hydrogen (secondary N) is 2. The van der Waals surface area contributed by atoms with E-state index in [4.69, 9.17) is 15.9 Å². The number of nitrogens with two attached hydrogens (primary N) is 1. The number of hydrogen-bond donors (Lipinski definition) is 3. The molecule has 1 aromatic rings. The van der Waals surface area contributed by atoms with Crippen LogP contribution in [0.1, 0.15) is 0 Å². The quantitative estimate of drug-likeness (QED) is 0.352. The molecule has 0 bridgehead atoms. The average molecular weight is 385 g/mol. The third-order valence-electron chi connectivity index (χ3n) is 3.48. The van der Waals surface area contributed by atoms with E-state index in [2.05, 4.69) is 22.3 Å². The first-order valence-corrected chi connectivity index (χ1v) is 8.35. The number of ether oxygens (including phenoxy) is 2. The molecule has 1 saturated heterocycles. The van der Waals surface area contributed by atoms with E-state index in [1.165, 1.54) is 34.6 Å². The van der Waals surface area contributed by atoms with E-state index in [1.54, 1.807) is 13.1 Å². The van der Waals surface area contributed by atoms with Gasteiger partial charge in [-0.3, -0.25) is 10.3 Å². The summed E-state index contributed by atoms with van der Waals surface area (Å²) in [6.45, 7) is 1.56. The molecule has 0 aromatic heterocycles. The van der Waals surface area contributed by atoms with Crippen LogP contribution in [0.2, 0.25) is 0 Å². The molecule has 0 spiro atoms. The topological polar surface area (TPSA) is 104 Å². The molecule has 0 aliphatic carbocycles. The molecule has 4 N–H and O–H groups in total. The lowest BCUT2D eigenvalue weighted by atomic mass is 10.2. The highest BCUT2D eigenvalue weighted by molar-refractivity contribution is 7.78. The van der Waals surface area contributed by atoms with Crippen molar-refractivity contribution < 1.29 is 18.7 Å². The van der Waals surface area contributed by atoms with Crippen LogP contribution in [0.4, 0.5) is 20.6 Å². The van der Waals surface area contributed by atoms with Crippen molar-refractivity contribution in [2.75, 3.05) is 50.1 Å².